The third kappa shape index (κ3) is 2.39. The Morgan fingerprint density at radius 2 is 2.28 bits per heavy atom. The van der Waals surface area contributed by atoms with Crippen molar-refractivity contribution < 1.29 is 4.39 Å². The van der Waals surface area contributed by atoms with Crippen molar-refractivity contribution in [2.75, 3.05) is 6.54 Å². The highest BCUT2D eigenvalue weighted by atomic mass is 32.1. The van der Waals surface area contributed by atoms with Crippen molar-refractivity contribution >= 4 is 21.6 Å². The molecule has 1 heterocycles. The molecule has 0 bridgehead atoms. The number of fused-ring (bicyclic) bond motifs is 1. The molecule has 0 saturated heterocycles. The Kier molecular flexibility index (Phi) is 3.05. The van der Waals surface area contributed by atoms with Gasteiger partial charge in [-0.15, -0.1) is 11.3 Å². The van der Waals surface area contributed by atoms with E-state index in [0.29, 0.717) is 6.54 Å². The highest BCUT2D eigenvalue weighted by molar-refractivity contribution is 7.18. The van der Waals surface area contributed by atoms with Crippen LogP contribution in [-0.4, -0.2) is 17.1 Å². The lowest BCUT2D eigenvalue weighted by Crippen LogP contribution is -2.53. The van der Waals surface area contributed by atoms with E-state index >= 15 is 0 Å². The lowest BCUT2D eigenvalue weighted by molar-refractivity contribution is 0.239. The number of aromatic nitrogens is 1. The minimum Gasteiger partial charge on any atom is -0.324 e. The van der Waals surface area contributed by atoms with E-state index in [1.807, 2.05) is 0 Å². The van der Waals surface area contributed by atoms with E-state index in [4.69, 9.17) is 5.73 Å². The standard InChI is InChI=1S/C13H16FN3S/c14-9-2-3-10-11(6-9)18-12(17-10)7-16-8-13(15)4-1-5-13/h2-3,6,16H,1,4-5,7-8,15H2. The molecule has 1 saturated carbocycles. The number of hydrogen-bond acceptors (Lipinski definition) is 4. The van der Waals surface area contributed by atoms with Crippen LogP contribution >= 0.6 is 11.3 Å². The molecule has 0 spiro atoms. The molecule has 0 unspecified atom stereocenters. The fourth-order valence-corrected chi connectivity index (χ4v) is 3.21. The van der Waals surface area contributed by atoms with Crippen molar-refractivity contribution in [2.24, 2.45) is 5.73 Å². The van der Waals surface area contributed by atoms with Crippen molar-refractivity contribution in [3.05, 3.63) is 29.0 Å². The van der Waals surface area contributed by atoms with Crippen molar-refractivity contribution in [3.8, 4) is 0 Å². The molecule has 18 heavy (non-hydrogen) atoms. The summed E-state index contributed by atoms with van der Waals surface area (Å²) in [6, 6.07) is 4.70. The van der Waals surface area contributed by atoms with Gasteiger partial charge in [0, 0.05) is 18.6 Å². The molecule has 3 N–H and O–H groups in total. The molecule has 2 aromatic rings. The maximum atomic E-state index is 13.1. The third-order valence-corrected chi connectivity index (χ3v) is 4.52. The van der Waals surface area contributed by atoms with E-state index in [0.717, 1.165) is 34.6 Å². The molecule has 96 valence electrons. The minimum atomic E-state index is -0.207. The molecule has 1 aliphatic carbocycles. The van der Waals surface area contributed by atoms with Gasteiger partial charge in [0.2, 0.25) is 0 Å². The zero-order valence-electron chi connectivity index (χ0n) is 10.1. The highest BCUT2D eigenvalue weighted by Crippen LogP contribution is 2.28. The first-order valence-electron chi connectivity index (χ1n) is 6.19. The van der Waals surface area contributed by atoms with Gasteiger partial charge in [-0.1, -0.05) is 0 Å². The zero-order chi connectivity index (χ0) is 12.6. The number of nitrogens with two attached hydrogens (primary N) is 1. The van der Waals surface area contributed by atoms with E-state index in [1.165, 1.54) is 29.9 Å². The van der Waals surface area contributed by atoms with E-state index in [1.54, 1.807) is 6.07 Å². The Morgan fingerprint density at radius 3 is 3.00 bits per heavy atom. The molecule has 0 aliphatic heterocycles. The molecule has 1 aromatic heterocycles. The predicted molar refractivity (Wildman–Crippen MR) is 72.1 cm³/mol. The van der Waals surface area contributed by atoms with Crippen LogP contribution < -0.4 is 11.1 Å². The van der Waals surface area contributed by atoms with Crippen LogP contribution in [0.15, 0.2) is 18.2 Å². The number of benzene rings is 1. The van der Waals surface area contributed by atoms with Gasteiger partial charge in [-0.05, 0) is 37.5 Å². The maximum Gasteiger partial charge on any atom is 0.124 e. The second-order valence-corrected chi connectivity index (χ2v) is 6.15. The topological polar surface area (TPSA) is 50.9 Å². The quantitative estimate of drug-likeness (QED) is 0.892. The number of nitrogens with zero attached hydrogens (tertiary/aromatic N) is 1. The average molecular weight is 265 g/mol. The van der Waals surface area contributed by atoms with Gasteiger partial charge in [0.05, 0.1) is 10.2 Å². The van der Waals surface area contributed by atoms with Gasteiger partial charge in [-0.2, -0.15) is 0 Å². The van der Waals surface area contributed by atoms with Crippen LogP contribution in [0.5, 0.6) is 0 Å². The number of hydrogen-bond donors (Lipinski definition) is 2. The van der Waals surface area contributed by atoms with Gasteiger partial charge in [-0.25, -0.2) is 9.37 Å². The summed E-state index contributed by atoms with van der Waals surface area (Å²) >= 11 is 1.53. The second-order valence-electron chi connectivity index (χ2n) is 5.04. The van der Waals surface area contributed by atoms with Crippen molar-refractivity contribution in [3.63, 3.8) is 0 Å². The summed E-state index contributed by atoms with van der Waals surface area (Å²) in [5.74, 6) is -0.207. The van der Waals surface area contributed by atoms with Gasteiger partial charge in [0.25, 0.3) is 0 Å². The van der Waals surface area contributed by atoms with Gasteiger partial charge in [0.15, 0.2) is 0 Å². The van der Waals surface area contributed by atoms with Crippen LogP contribution in [0.4, 0.5) is 4.39 Å². The molecule has 0 amide bonds. The van der Waals surface area contributed by atoms with Gasteiger partial charge in [-0.3, -0.25) is 0 Å². The van der Waals surface area contributed by atoms with Crippen LogP contribution in [0.1, 0.15) is 24.3 Å². The lowest BCUT2D eigenvalue weighted by atomic mass is 9.78. The van der Waals surface area contributed by atoms with E-state index in [9.17, 15) is 4.39 Å². The Bertz CT molecular complexity index is 562. The summed E-state index contributed by atoms with van der Waals surface area (Å²) in [6.07, 6.45) is 3.44. The van der Waals surface area contributed by atoms with E-state index in [-0.39, 0.29) is 11.4 Å². The lowest BCUT2D eigenvalue weighted by Gasteiger charge is -2.38. The van der Waals surface area contributed by atoms with Crippen LogP contribution in [0.25, 0.3) is 10.2 Å². The molecule has 1 aromatic carbocycles. The summed E-state index contributed by atoms with van der Waals surface area (Å²) in [4.78, 5) is 4.47. The fraction of sp³-hybridized carbons (Fsp3) is 0.462. The fourth-order valence-electron chi connectivity index (χ4n) is 2.25. The molecule has 0 radical (unpaired) electrons. The summed E-state index contributed by atoms with van der Waals surface area (Å²) in [5, 5.41) is 4.33. The van der Waals surface area contributed by atoms with E-state index in [2.05, 4.69) is 10.3 Å². The third-order valence-electron chi connectivity index (χ3n) is 3.50. The molecular formula is C13H16FN3S. The molecule has 1 fully saturated rings. The number of halogens is 1. The van der Waals surface area contributed by atoms with Crippen molar-refractivity contribution in [1.29, 1.82) is 0 Å². The smallest absolute Gasteiger partial charge is 0.124 e. The Balaban J connectivity index is 1.64. The van der Waals surface area contributed by atoms with Gasteiger partial charge < -0.3 is 11.1 Å². The Morgan fingerprint density at radius 1 is 1.44 bits per heavy atom. The maximum absolute atomic E-state index is 13.1. The van der Waals surface area contributed by atoms with Gasteiger partial charge in [0.1, 0.15) is 10.8 Å². The molecule has 1 aliphatic rings. The first-order chi connectivity index (χ1) is 8.65. The molecule has 3 rings (SSSR count). The van der Waals surface area contributed by atoms with Crippen LogP contribution in [0, 0.1) is 5.82 Å². The van der Waals surface area contributed by atoms with Crippen molar-refractivity contribution in [2.45, 2.75) is 31.3 Å². The minimum absolute atomic E-state index is 0.0111. The van der Waals surface area contributed by atoms with Crippen LogP contribution in [-0.2, 0) is 6.54 Å². The molecule has 3 nitrogen and oxygen atoms in total. The highest BCUT2D eigenvalue weighted by Gasteiger charge is 2.31. The molecule has 5 heteroatoms. The zero-order valence-corrected chi connectivity index (χ0v) is 10.9. The summed E-state index contributed by atoms with van der Waals surface area (Å²) in [6.45, 7) is 1.54. The molecular weight excluding hydrogens is 249 g/mol. The largest absolute Gasteiger partial charge is 0.324 e. The first kappa shape index (κ1) is 12.0. The Labute approximate surface area is 109 Å². The van der Waals surface area contributed by atoms with E-state index < -0.39 is 0 Å². The normalized spacial score (nSPS) is 17.9. The van der Waals surface area contributed by atoms with Crippen LogP contribution in [0.3, 0.4) is 0 Å². The van der Waals surface area contributed by atoms with Gasteiger partial charge >= 0.3 is 0 Å². The summed E-state index contributed by atoms with van der Waals surface area (Å²) in [7, 11) is 0. The number of rotatable bonds is 4. The van der Waals surface area contributed by atoms with Crippen molar-refractivity contribution in [1.82, 2.24) is 10.3 Å². The summed E-state index contributed by atoms with van der Waals surface area (Å²) < 4.78 is 14.0. The Hall–Kier alpha value is -1.04. The average Bonchev–Trinajstić information content (AvgIpc) is 2.68. The first-order valence-corrected chi connectivity index (χ1v) is 7.01. The monoisotopic (exact) mass is 265 g/mol. The molecule has 0 atom stereocenters. The second kappa shape index (κ2) is 4.57. The number of thiazole rings is 1. The van der Waals surface area contributed by atoms with Crippen LogP contribution in [0.2, 0.25) is 0 Å². The summed E-state index contributed by atoms with van der Waals surface area (Å²) in [5.41, 5.74) is 6.99. The SMILES string of the molecule is NC1(CNCc2nc3ccc(F)cc3s2)CCC1. The predicted octanol–water partition coefficient (Wildman–Crippen LogP) is 2.41. The number of nitrogens with one attached hydrogen (secondary N) is 1.